The van der Waals surface area contributed by atoms with E-state index in [1.54, 1.807) is 16.5 Å². The number of piperidine rings is 1. The second kappa shape index (κ2) is 8.36. The van der Waals surface area contributed by atoms with Gasteiger partial charge >= 0.3 is 0 Å². The lowest BCUT2D eigenvalue weighted by atomic mass is 9.86. The van der Waals surface area contributed by atoms with Crippen LogP contribution >= 0.6 is 0 Å². The third-order valence-corrected chi connectivity index (χ3v) is 5.52. The van der Waals surface area contributed by atoms with Gasteiger partial charge in [-0.1, -0.05) is 0 Å². The van der Waals surface area contributed by atoms with E-state index in [0.29, 0.717) is 19.7 Å². The number of aromatic nitrogens is 6. The Hall–Kier alpha value is -2.33. The molecule has 28 heavy (non-hydrogen) atoms. The molecule has 2 aromatic rings. The van der Waals surface area contributed by atoms with Gasteiger partial charge in [0.15, 0.2) is 5.82 Å². The van der Waals surface area contributed by atoms with Crippen molar-refractivity contribution in [1.82, 2.24) is 39.8 Å². The molecule has 0 radical (unpaired) electrons. The maximum atomic E-state index is 13.0. The number of amides is 1. The average Bonchev–Trinajstić information content (AvgIpc) is 3.26. The van der Waals surface area contributed by atoms with E-state index in [1.807, 2.05) is 38.9 Å². The molecule has 154 valence electrons. The van der Waals surface area contributed by atoms with Crippen LogP contribution in [0.15, 0.2) is 6.07 Å². The monoisotopic (exact) mass is 390 g/mol. The third-order valence-electron chi connectivity index (χ3n) is 5.52. The van der Waals surface area contributed by atoms with Crippen molar-refractivity contribution in [3.05, 3.63) is 23.3 Å². The summed E-state index contributed by atoms with van der Waals surface area (Å²) >= 11 is 0. The summed E-state index contributed by atoms with van der Waals surface area (Å²) in [5.41, 5.74) is 1.48. The van der Waals surface area contributed by atoms with Crippen molar-refractivity contribution in [2.75, 3.05) is 40.9 Å². The minimum absolute atomic E-state index is 0.0630. The van der Waals surface area contributed by atoms with Gasteiger partial charge in [0.05, 0.1) is 18.8 Å². The average molecular weight is 390 g/mol. The minimum atomic E-state index is -0.430. The van der Waals surface area contributed by atoms with E-state index in [4.69, 9.17) is 4.74 Å². The van der Waals surface area contributed by atoms with Gasteiger partial charge in [0.1, 0.15) is 12.1 Å². The molecule has 2 aromatic heterocycles. The highest BCUT2D eigenvalue weighted by Gasteiger charge is 2.44. The van der Waals surface area contributed by atoms with Crippen LogP contribution in [0.5, 0.6) is 0 Å². The number of rotatable bonds is 7. The molecule has 3 rings (SSSR count). The van der Waals surface area contributed by atoms with E-state index in [0.717, 1.165) is 36.6 Å². The number of nitrogens with zero attached hydrogens (tertiary/aromatic N) is 8. The smallest absolute Gasteiger partial charge is 0.244 e. The van der Waals surface area contributed by atoms with E-state index < -0.39 is 5.54 Å². The van der Waals surface area contributed by atoms with Gasteiger partial charge in [-0.25, -0.2) is 4.68 Å². The fourth-order valence-electron chi connectivity index (χ4n) is 3.93. The summed E-state index contributed by atoms with van der Waals surface area (Å²) in [5.74, 6) is 0.839. The van der Waals surface area contributed by atoms with Crippen LogP contribution in [0.3, 0.4) is 0 Å². The molecule has 1 unspecified atom stereocenters. The molecule has 0 bridgehead atoms. The number of hydrogen-bond donors (Lipinski definition) is 0. The summed E-state index contributed by atoms with van der Waals surface area (Å²) in [6, 6.07) is 1.98. The Labute approximate surface area is 165 Å². The first-order chi connectivity index (χ1) is 13.4. The number of methoxy groups -OCH3 is 1. The van der Waals surface area contributed by atoms with Crippen LogP contribution in [0, 0.1) is 13.8 Å². The summed E-state index contributed by atoms with van der Waals surface area (Å²) in [7, 11) is 5.69. The van der Waals surface area contributed by atoms with Gasteiger partial charge in [-0.15, -0.1) is 5.10 Å². The second-order valence-electron chi connectivity index (χ2n) is 7.65. The van der Waals surface area contributed by atoms with Crippen molar-refractivity contribution in [1.29, 1.82) is 0 Å². The first-order valence-corrected chi connectivity index (χ1v) is 9.59. The van der Waals surface area contributed by atoms with Gasteiger partial charge in [-0.3, -0.25) is 14.4 Å². The highest BCUT2D eigenvalue weighted by molar-refractivity contribution is 5.76. The Morgan fingerprint density at radius 2 is 2.11 bits per heavy atom. The van der Waals surface area contributed by atoms with E-state index in [1.165, 1.54) is 0 Å². The second-order valence-corrected chi connectivity index (χ2v) is 7.65. The van der Waals surface area contributed by atoms with Gasteiger partial charge in [0, 0.05) is 25.9 Å². The van der Waals surface area contributed by atoms with Crippen LogP contribution in [0.25, 0.3) is 0 Å². The number of aryl methyl sites for hydroxylation is 2. The van der Waals surface area contributed by atoms with Crippen LogP contribution in [0.4, 0.5) is 0 Å². The van der Waals surface area contributed by atoms with Gasteiger partial charge in [0.2, 0.25) is 5.91 Å². The predicted octanol–water partition coefficient (Wildman–Crippen LogP) is 0.212. The summed E-state index contributed by atoms with van der Waals surface area (Å²) in [6.07, 6.45) is 1.77. The molecule has 1 fully saturated rings. The SMILES string of the molecule is COCCn1nnnc1C1(N(C)C)CCCN(C(=O)Cn2nc(C)cc2C)C1. The highest BCUT2D eigenvalue weighted by atomic mass is 16.5. The standard InChI is InChI=1S/C18H30N8O2/c1-14-11-15(2)26(20-14)12-16(27)24-8-6-7-18(13-24,23(3)4)17-19-21-22-25(17)9-10-28-5/h11H,6-10,12-13H2,1-5H3. The molecule has 0 aliphatic carbocycles. The molecule has 1 aliphatic heterocycles. The summed E-state index contributed by atoms with van der Waals surface area (Å²) < 4.78 is 8.75. The highest BCUT2D eigenvalue weighted by Crippen LogP contribution is 2.34. The van der Waals surface area contributed by atoms with E-state index in [-0.39, 0.29) is 12.5 Å². The molecule has 1 atom stereocenters. The summed E-state index contributed by atoms with van der Waals surface area (Å²) in [4.78, 5) is 17.1. The van der Waals surface area contributed by atoms with Crippen molar-refractivity contribution in [2.45, 2.75) is 45.3 Å². The Balaban J connectivity index is 1.83. The molecular formula is C18H30N8O2. The van der Waals surface area contributed by atoms with Gasteiger partial charge < -0.3 is 9.64 Å². The number of likely N-dealkylation sites (N-methyl/N-ethyl adjacent to an activating group) is 1. The van der Waals surface area contributed by atoms with Crippen LogP contribution in [0.1, 0.15) is 30.1 Å². The summed E-state index contributed by atoms with van der Waals surface area (Å²) in [6.45, 7) is 6.54. The molecule has 0 N–H and O–H groups in total. The largest absolute Gasteiger partial charge is 0.383 e. The molecule has 3 heterocycles. The Kier molecular flexibility index (Phi) is 6.09. The fourth-order valence-corrected chi connectivity index (χ4v) is 3.93. The van der Waals surface area contributed by atoms with E-state index in [2.05, 4.69) is 25.5 Å². The molecule has 1 saturated heterocycles. The quantitative estimate of drug-likeness (QED) is 0.667. The topological polar surface area (TPSA) is 94.2 Å². The lowest BCUT2D eigenvalue weighted by Gasteiger charge is -2.45. The van der Waals surface area contributed by atoms with Gasteiger partial charge in [-0.05, 0) is 57.3 Å². The van der Waals surface area contributed by atoms with Crippen LogP contribution < -0.4 is 0 Å². The zero-order valence-electron chi connectivity index (χ0n) is 17.4. The predicted molar refractivity (Wildman–Crippen MR) is 103 cm³/mol. The van der Waals surface area contributed by atoms with Crippen LogP contribution in [0.2, 0.25) is 0 Å². The fraction of sp³-hybridized carbons (Fsp3) is 0.722. The maximum Gasteiger partial charge on any atom is 0.244 e. The zero-order valence-corrected chi connectivity index (χ0v) is 17.4. The Morgan fingerprint density at radius 1 is 1.32 bits per heavy atom. The van der Waals surface area contributed by atoms with Crippen LogP contribution in [-0.4, -0.2) is 86.6 Å². The number of carbonyl (C=O) groups is 1. The van der Waals surface area contributed by atoms with Gasteiger partial charge in [0.25, 0.3) is 0 Å². The molecular weight excluding hydrogens is 360 g/mol. The summed E-state index contributed by atoms with van der Waals surface area (Å²) in [5, 5.41) is 16.8. The van der Waals surface area contributed by atoms with Crippen molar-refractivity contribution < 1.29 is 9.53 Å². The molecule has 0 aromatic carbocycles. The molecule has 10 nitrogen and oxygen atoms in total. The number of carbonyl (C=O) groups excluding carboxylic acids is 1. The van der Waals surface area contributed by atoms with Gasteiger partial charge in [-0.2, -0.15) is 5.10 Å². The number of tetrazole rings is 1. The molecule has 0 spiro atoms. The third kappa shape index (κ3) is 3.93. The minimum Gasteiger partial charge on any atom is -0.383 e. The van der Waals surface area contributed by atoms with Crippen molar-refractivity contribution in [3.8, 4) is 0 Å². The molecule has 1 aliphatic rings. The normalized spacial score (nSPS) is 20.1. The zero-order chi connectivity index (χ0) is 20.3. The Bertz CT molecular complexity index is 814. The van der Waals surface area contributed by atoms with Crippen molar-refractivity contribution in [3.63, 3.8) is 0 Å². The lowest BCUT2D eigenvalue weighted by Crippen LogP contribution is -2.57. The lowest BCUT2D eigenvalue weighted by molar-refractivity contribution is -0.136. The molecule has 0 saturated carbocycles. The Morgan fingerprint density at radius 3 is 2.75 bits per heavy atom. The number of ether oxygens (including phenoxy) is 1. The maximum absolute atomic E-state index is 13.0. The van der Waals surface area contributed by atoms with E-state index in [9.17, 15) is 4.79 Å². The molecule has 1 amide bonds. The molecule has 10 heteroatoms. The van der Waals surface area contributed by atoms with Crippen LogP contribution in [-0.2, 0) is 28.2 Å². The number of hydrogen-bond acceptors (Lipinski definition) is 7. The van der Waals surface area contributed by atoms with Crippen molar-refractivity contribution >= 4 is 5.91 Å². The first-order valence-electron chi connectivity index (χ1n) is 9.59. The number of likely N-dealkylation sites (tertiary alicyclic amines) is 1. The van der Waals surface area contributed by atoms with Crippen molar-refractivity contribution in [2.24, 2.45) is 0 Å². The first kappa shape index (κ1) is 20.4. The van der Waals surface area contributed by atoms with E-state index >= 15 is 0 Å².